The lowest BCUT2D eigenvalue weighted by Gasteiger charge is -2.26. The van der Waals surface area contributed by atoms with Crippen molar-refractivity contribution in [1.82, 2.24) is 20.3 Å². The molecule has 0 saturated carbocycles. The van der Waals surface area contributed by atoms with Gasteiger partial charge >= 0.3 is 0 Å². The Hall–Kier alpha value is -2.93. The number of H-pyrrole nitrogens is 1. The number of nitrogens with zero attached hydrogens (tertiary/aromatic N) is 2. The molecule has 4 heterocycles. The second kappa shape index (κ2) is 6.60. The number of ketones is 1. The predicted molar refractivity (Wildman–Crippen MR) is 104 cm³/mol. The van der Waals surface area contributed by atoms with E-state index in [0.29, 0.717) is 34.7 Å². The Labute approximate surface area is 162 Å². The summed E-state index contributed by atoms with van der Waals surface area (Å²) in [5, 5.41) is 3.46. The Morgan fingerprint density at radius 3 is 3.04 bits per heavy atom. The summed E-state index contributed by atoms with van der Waals surface area (Å²) in [6, 6.07) is 7.71. The van der Waals surface area contributed by atoms with Gasteiger partial charge in [0, 0.05) is 12.0 Å². The van der Waals surface area contributed by atoms with E-state index < -0.39 is 6.10 Å². The molecule has 144 valence electrons. The van der Waals surface area contributed by atoms with E-state index >= 15 is 0 Å². The molecule has 5 rings (SSSR count). The average molecular weight is 378 g/mol. The number of Topliss-reactive ketones (excluding diaryl/α,β-unsaturated/α-hetero) is 1. The lowest BCUT2D eigenvalue weighted by molar-refractivity contribution is 0.0852. The van der Waals surface area contributed by atoms with Gasteiger partial charge in [0.15, 0.2) is 11.5 Å². The second-order valence-electron chi connectivity index (χ2n) is 7.53. The van der Waals surface area contributed by atoms with Crippen molar-refractivity contribution in [3.8, 4) is 11.5 Å². The number of benzene rings is 1. The molecule has 1 saturated heterocycles. The van der Waals surface area contributed by atoms with E-state index in [-0.39, 0.29) is 5.78 Å². The first-order valence-corrected chi connectivity index (χ1v) is 9.61. The van der Waals surface area contributed by atoms with Crippen LogP contribution in [0.2, 0.25) is 0 Å². The number of carbonyl (C=O) groups excluding carboxylic acids is 1. The minimum atomic E-state index is -0.720. The Kier molecular flexibility index (Phi) is 4.05. The molecule has 3 unspecified atom stereocenters. The molecule has 28 heavy (non-hydrogen) atoms. The van der Waals surface area contributed by atoms with Crippen molar-refractivity contribution in [1.29, 1.82) is 0 Å². The van der Waals surface area contributed by atoms with Gasteiger partial charge in [-0.15, -0.1) is 0 Å². The topological polar surface area (TPSA) is 89.1 Å². The third-order valence-electron chi connectivity index (χ3n) is 5.62. The maximum atomic E-state index is 12.8. The van der Waals surface area contributed by atoms with E-state index in [9.17, 15) is 4.79 Å². The molecule has 2 aliphatic rings. The molecule has 0 radical (unpaired) electrons. The van der Waals surface area contributed by atoms with Gasteiger partial charge in [-0.05, 0) is 44.5 Å². The zero-order valence-corrected chi connectivity index (χ0v) is 15.9. The Balaban J connectivity index is 1.47. The molecule has 1 aromatic carbocycles. The van der Waals surface area contributed by atoms with Crippen LogP contribution in [-0.4, -0.2) is 40.4 Å². The SMILES string of the molecule is COc1cccc2c1OC(c1cc3nc(C4CCNC(C)C4)ncc3[nH]1)C2=O. The summed E-state index contributed by atoms with van der Waals surface area (Å²) in [6.45, 7) is 3.17. The minimum absolute atomic E-state index is 0.0826. The van der Waals surface area contributed by atoms with Crippen molar-refractivity contribution < 1.29 is 14.3 Å². The van der Waals surface area contributed by atoms with Crippen LogP contribution in [0.3, 0.4) is 0 Å². The molecule has 1 fully saturated rings. The monoisotopic (exact) mass is 378 g/mol. The highest BCUT2D eigenvalue weighted by Crippen LogP contribution is 2.42. The van der Waals surface area contributed by atoms with Gasteiger partial charge in [-0.2, -0.15) is 0 Å². The fourth-order valence-electron chi connectivity index (χ4n) is 4.17. The number of rotatable bonds is 3. The summed E-state index contributed by atoms with van der Waals surface area (Å²) in [5.74, 6) is 2.20. The summed E-state index contributed by atoms with van der Waals surface area (Å²) in [5.41, 5.74) is 2.84. The van der Waals surface area contributed by atoms with E-state index in [2.05, 4.69) is 22.2 Å². The second-order valence-corrected chi connectivity index (χ2v) is 7.53. The molecule has 7 heteroatoms. The molecule has 7 nitrogen and oxygen atoms in total. The predicted octanol–water partition coefficient (Wildman–Crippen LogP) is 3.14. The molecule has 0 bridgehead atoms. The van der Waals surface area contributed by atoms with Gasteiger partial charge in [0.1, 0.15) is 5.82 Å². The molecular formula is C21H22N4O3. The van der Waals surface area contributed by atoms with Crippen molar-refractivity contribution in [2.75, 3.05) is 13.7 Å². The van der Waals surface area contributed by atoms with E-state index in [1.165, 1.54) is 0 Å². The Morgan fingerprint density at radius 2 is 2.21 bits per heavy atom. The van der Waals surface area contributed by atoms with Crippen LogP contribution in [0.1, 0.15) is 53.7 Å². The smallest absolute Gasteiger partial charge is 0.213 e. The number of carbonyl (C=O) groups is 1. The molecule has 0 amide bonds. The zero-order valence-electron chi connectivity index (χ0n) is 15.9. The molecule has 2 N–H and O–H groups in total. The average Bonchev–Trinajstić information content (AvgIpc) is 3.28. The maximum Gasteiger partial charge on any atom is 0.213 e. The highest BCUT2D eigenvalue weighted by molar-refractivity contribution is 6.06. The van der Waals surface area contributed by atoms with Gasteiger partial charge in [0.25, 0.3) is 0 Å². The lowest BCUT2D eigenvalue weighted by Crippen LogP contribution is -2.35. The first-order chi connectivity index (χ1) is 13.6. The van der Waals surface area contributed by atoms with Gasteiger partial charge in [0.2, 0.25) is 11.9 Å². The van der Waals surface area contributed by atoms with E-state index in [0.717, 1.165) is 36.2 Å². The number of nitrogens with one attached hydrogen (secondary N) is 2. The quantitative estimate of drug-likeness (QED) is 0.728. The highest BCUT2D eigenvalue weighted by atomic mass is 16.5. The van der Waals surface area contributed by atoms with Gasteiger partial charge in [-0.3, -0.25) is 4.79 Å². The summed E-state index contributed by atoms with van der Waals surface area (Å²) in [4.78, 5) is 25.5. The van der Waals surface area contributed by atoms with E-state index in [4.69, 9.17) is 14.5 Å². The van der Waals surface area contributed by atoms with Crippen LogP contribution >= 0.6 is 0 Å². The van der Waals surface area contributed by atoms with Crippen LogP contribution in [-0.2, 0) is 0 Å². The van der Waals surface area contributed by atoms with Crippen LogP contribution in [0.15, 0.2) is 30.5 Å². The van der Waals surface area contributed by atoms with E-state index in [1.807, 2.05) is 6.07 Å². The molecule has 3 atom stereocenters. The molecule has 3 aromatic rings. The fourth-order valence-corrected chi connectivity index (χ4v) is 4.17. The number of hydrogen-bond donors (Lipinski definition) is 2. The zero-order chi connectivity index (χ0) is 19.3. The summed E-state index contributed by atoms with van der Waals surface area (Å²) in [7, 11) is 1.57. The summed E-state index contributed by atoms with van der Waals surface area (Å²) < 4.78 is 11.3. The number of aromatic amines is 1. The number of piperidine rings is 1. The van der Waals surface area contributed by atoms with Gasteiger partial charge < -0.3 is 19.8 Å². The largest absolute Gasteiger partial charge is 0.493 e. The molecular weight excluding hydrogens is 356 g/mol. The molecule has 0 aliphatic carbocycles. The number of fused-ring (bicyclic) bond motifs is 2. The Morgan fingerprint density at radius 1 is 1.32 bits per heavy atom. The molecule has 2 aromatic heterocycles. The van der Waals surface area contributed by atoms with Crippen molar-refractivity contribution in [3.63, 3.8) is 0 Å². The van der Waals surface area contributed by atoms with Crippen molar-refractivity contribution >= 4 is 16.8 Å². The summed E-state index contributed by atoms with van der Waals surface area (Å²) >= 11 is 0. The van der Waals surface area contributed by atoms with E-state index in [1.54, 1.807) is 31.5 Å². The lowest BCUT2D eigenvalue weighted by atomic mass is 9.92. The minimum Gasteiger partial charge on any atom is -0.493 e. The van der Waals surface area contributed by atoms with Gasteiger partial charge in [-0.1, -0.05) is 6.07 Å². The Bertz CT molecular complexity index is 1060. The van der Waals surface area contributed by atoms with Crippen LogP contribution in [0.5, 0.6) is 11.5 Å². The number of ether oxygens (including phenoxy) is 2. The van der Waals surface area contributed by atoms with Gasteiger partial charge in [-0.25, -0.2) is 9.97 Å². The maximum absolute atomic E-state index is 12.8. The number of hydrogen-bond acceptors (Lipinski definition) is 6. The third-order valence-corrected chi connectivity index (χ3v) is 5.62. The first-order valence-electron chi connectivity index (χ1n) is 9.61. The highest BCUT2D eigenvalue weighted by Gasteiger charge is 2.37. The van der Waals surface area contributed by atoms with Crippen molar-refractivity contribution in [2.45, 2.75) is 37.8 Å². The number of methoxy groups -OCH3 is 1. The standard InChI is InChI=1S/C21H22N4O3/c1-11-8-12(6-7-22-11)21-23-10-16-14(25-21)9-15(24-16)20-18(26)13-4-3-5-17(27-2)19(13)28-20/h3-5,9-12,20,22,24H,6-8H2,1-2H3. The molecule has 0 spiro atoms. The fraction of sp³-hybridized carbons (Fsp3) is 0.381. The first kappa shape index (κ1) is 17.2. The number of para-hydroxylation sites is 1. The normalized spacial score (nSPS) is 24.2. The number of aromatic nitrogens is 3. The van der Waals surface area contributed by atoms with Crippen molar-refractivity contribution in [2.24, 2.45) is 0 Å². The van der Waals surface area contributed by atoms with Crippen LogP contribution in [0.4, 0.5) is 0 Å². The third kappa shape index (κ3) is 2.74. The van der Waals surface area contributed by atoms with Crippen molar-refractivity contribution in [3.05, 3.63) is 47.5 Å². The molecule has 2 aliphatic heterocycles. The van der Waals surface area contributed by atoms with Gasteiger partial charge in [0.05, 0.1) is 35.6 Å². The van der Waals surface area contributed by atoms with Crippen LogP contribution in [0, 0.1) is 0 Å². The van der Waals surface area contributed by atoms with Crippen LogP contribution in [0.25, 0.3) is 11.0 Å². The summed E-state index contributed by atoms with van der Waals surface area (Å²) in [6.07, 6.45) is 3.15. The van der Waals surface area contributed by atoms with Crippen LogP contribution < -0.4 is 14.8 Å².